The van der Waals surface area contributed by atoms with Gasteiger partial charge in [-0.1, -0.05) is 12.1 Å². The highest BCUT2D eigenvalue weighted by molar-refractivity contribution is 6.00. The zero-order valence-corrected chi connectivity index (χ0v) is 12.4. The van der Waals surface area contributed by atoms with Crippen molar-refractivity contribution in [3.05, 3.63) is 30.0 Å². The van der Waals surface area contributed by atoms with E-state index < -0.39 is 0 Å². The highest BCUT2D eigenvalue weighted by Gasteiger charge is 2.21. The Morgan fingerprint density at radius 2 is 2.10 bits per heavy atom. The number of H-pyrrole nitrogens is 1. The van der Waals surface area contributed by atoms with Gasteiger partial charge in [0.2, 0.25) is 0 Å². The molecule has 0 aliphatic carbocycles. The first kappa shape index (κ1) is 14.4. The van der Waals surface area contributed by atoms with Crippen LogP contribution in [0.3, 0.4) is 0 Å². The van der Waals surface area contributed by atoms with Gasteiger partial charge >= 0.3 is 0 Å². The molecular weight excluding hydrogens is 252 g/mol. The predicted octanol–water partition coefficient (Wildman–Crippen LogP) is 1.82. The molecule has 0 spiro atoms. The number of hydrogen-bond donors (Lipinski definition) is 3. The maximum Gasteiger partial charge on any atom is 0.267 e. The number of carbonyl (C=O) groups excluding carboxylic acids is 1. The first-order chi connectivity index (χ1) is 9.31. The SMILES string of the molecule is CN(C)C(C)(C)CNC(=O)c1cc2cccc(N)c2[nH]1. The first-order valence-electron chi connectivity index (χ1n) is 6.64. The lowest BCUT2D eigenvalue weighted by Crippen LogP contribution is -2.48. The van der Waals surface area contributed by atoms with E-state index in [1.807, 2.05) is 38.4 Å². The molecule has 0 aliphatic rings. The molecule has 0 saturated heterocycles. The molecule has 0 radical (unpaired) electrons. The van der Waals surface area contributed by atoms with Crippen LogP contribution in [0.15, 0.2) is 24.3 Å². The van der Waals surface area contributed by atoms with Crippen molar-refractivity contribution in [3.63, 3.8) is 0 Å². The third-order valence-electron chi connectivity index (χ3n) is 3.83. The number of carbonyl (C=O) groups is 1. The topological polar surface area (TPSA) is 74.2 Å². The Balaban J connectivity index is 2.14. The van der Waals surface area contributed by atoms with Crippen LogP contribution in [0.4, 0.5) is 5.69 Å². The Labute approximate surface area is 119 Å². The Morgan fingerprint density at radius 3 is 2.70 bits per heavy atom. The number of fused-ring (bicyclic) bond motifs is 1. The van der Waals surface area contributed by atoms with E-state index in [1.54, 1.807) is 0 Å². The summed E-state index contributed by atoms with van der Waals surface area (Å²) in [5.41, 5.74) is 7.78. The van der Waals surface area contributed by atoms with Crippen LogP contribution in [0.2, 0.25) is 0 Å². The molecule has 2 rings (SSSR count). The number of hydrogen-bond acceptors (Lipinski definition) is 3. The van der Waals surface area contributed by atoms with Gasteiger partial charge in [-0.15, -0.1) is 0 Å². The first-order valence-corrected chi connectivity index (χ1v) is 6.64. The lowest BCUT2D eigenvalue weighted by molar-refractivity contribution is 0.0915. The molecule has 5 nitrogen and oxygen atoms in total. The third-order valence-corrected chi connectivity index (χ3v) is 3.83. The van der Waals surface area contributed by atoms with Crippen LogP contribution in [-0.2, 0) is 0 Å². The normalized spacial score (nSPS) is 12.1. The van der Waals surface area contributed by atoms with E-state index in [2.05, 4.69) is 29.0 Å². The molecule has 1 aromatic heterocycles. The molecule has 0 bridgehead atoms. The molecule has 1 aromatic carbocycles. The Bertz CT molecular complexity index is 628. The number of benzene rings is 1. The minimum atomic E-state index is -0.115. The number of rotatable bonds is 4. The molecule has 0 saturated carbocycles. The lowest BCUT2D eigenvalue weighted by atomic mass is 10.0. The zero-order valence-electron chi connectivity index (χ0n) is 12.4. The van der Waals surface area contributed by atoms with Crippen LogP contribution < -0.4 is 11.1 Å². The zero-order chi connectivity index (χ0) is 14.9. The van der Waals surface area contributed by atoms with Crippen LogP contribution in [0.5, 0.6) is 0 Å². The van der Waals surface area contributed by atoms with Crippen molar-refractivity contribution in [2.24, 2.45) is 0 Å². The molecule has 0 unspecified atom stereocenters. The molecule has 1 heterocycles. The van der Waals surface area contributed by atoms with Crippen LogP contribution in [-0.4, -0.2) is 42.0 Å². The van der Waals surface area contributed by atoms with Gasteiger partial charge in [-0.3, -0.25) is 4.79 Å². The van der Waals surface area contributed by atoms with E-state index in [1.165, 1.54) is 0 Å². The molecule has 4 N–H and O–H groups in total. The minimum absolute atomic E-state index is 0.0965. The Kier molecular flexibility index (Phi) is 3.72. The molecule has 20 heavy (non-hydrogen) atoms. The second-order valence-corrected chi connectivity index (χ2v) is 5.88. The van der Waals surface area contributed by atoms with Crippen molar-refractivity contribution in [2.75, 3.05) is 26.4 Å². The molecule has 0 aliphatic heterocycles. The van der Waals surface area contributed by atoms with Crippen LogP contribution in [0.25, 0.3) is 10.9 Å². The van der Waals surface area contributed by atoms with Gasteiger partial charge in [0, 0.05) is 17.5 Å². The molecule has 2 aromatic rings. The molecule has 108 valence electrons. The summed E-state index contributed by atoms with van der Waals surface area (Å²) >= 11 is 0. The Hall–Kier alpha value is -2.01. The molecule has 5 heteroatoms. The average Bonchev–Trinajstić information content (AvgIpc) is 2.81. The monoisotopic (exact) mass is 274 g/mol. The molecule has 0 atom stereocenters. The second kappa shape index (κ2) is 5.17. The predicted molar refractivity (Wildman–Crippen MR) is 82.8 cm³/mol. The van der Waals surface area contributed by atoms with Gasteiger partial charge in [0.1, 0.15) is 5.69 Å². The van der Waals surface area contributed by atoms with E-state index in [4.69, 9.17) is 5.73 Å². The summed E-state index contributed by atoms with van der Waals surface area (Å²) in [5.74, 6) is -0.115. The van der Waals surface area contributed by atoms with Gasteiger partial charge in [0.15, 0.2) is 0 Å². The fraction of sp³-hybridized carbons (Fsp3) is 0.400. The number of nitrogen functional groups attached to an aromatic ring is 1. The summed E-state index contributed by atoms with van der Waals surface area (Å²) in [6, 6.07) is 7.45. The third kappa shape index (κ3) is 2.77. The number of likely N-dealkylation sites (N-methyl/N-ethyl adjacent to an activating group) is 1. The number of para-hydroxylation sites is 1. The van der Waals surface area contributed by atoms with Crippen LogP contribution in [0.1, 0.15) is 24.3 Å². The van der Waals surface area contributed by atoms with Gasteiger partial charge in [-0.2, -0.15) is 0 Å². The van der Waals surface area contributed by atoms with Gasteiger partial charge in [0.05, 0.1) is 11.2 Å². The summed E-state index contributed by atoms with van der Waals surface area (Å²) in [6.07, 6.45) is 0. The van der Waals surface area contributed by atoms with Crippen molar-refractivity contribution in [3.8, 4) is 0 Å². The fourth-order valence-corrected chi connectivity index (χ4v) is 1.85. The van der Waals surface area contributed by atoms with Crippen molar-refractivity contribution in [1.82, 2.24) is 15.2 Å². The average molecular weight is 274 g/mol. The van der Waals surface area contributed by atoms with Crippen LogP contribution >= 0.6 is 0 Å². The van der Waals surface area contributed by atoms with Crippen LogP contribution in [0, 0.1) is 0 Å². The summed E-state index contributed by atoms with van der Waals surface area (Å²) in [5, 5.41) is 3.89. The number of amides is 1. The number of nitrogens with two attached hydrogens (primary N) is 1. The number of nitrogens with one attached hydrogen (secondary N) is 2. The number of aromatic nitrogens is 1. The lowest BCUT2D eigenvalue weighted by Gasteiger charge is -2.32. The number of nitrogens with zero attached hydrogens (tertiary/aromatic N) is 1. The number of anilines is 1. The van der Waals surface area contributed by atoms with Gasteiger partial charge in [-0.05, 0) is 40.1 Å². The standard InChI is InChI=1S/C15H22N4O/c1-15(2,19(3)4)9-17-14(20)12-8-10-6-5-7-11(16)13(10)18-12/h5-8,18H,9,16H2,1-4H3,(H,17,20). The van der Waals surface area contributed by atoms with E-state index in [9.17, 15) is 4.79 Å². The maximum atomic E-state index is 12.2. The fourth-order valence-electron chi connectivity index (χ4n) is 1.85. The molecule has 1 amide bonds. The molecule has 0 fully saturated rings. The van der Waals surface area contributed by atoms with Crippen molar-refractivity contribution < 1.29 is 4.79 Å². The summed E-state index contributed by atoms with van der Waals surface area (Å²) in [6.45, 7) is 4.73. The highest BCUT2D eigenvalue weighted by Crippen LogP contribution is 2.21. The van der Waals surface area contributed by atoms with E-state index in [0.717, 1.165) is 10.9 Å². The Morgan fingerprint density at radius 1 is 1.40 bits per heavy atom. The maximum absolute atomic E-state index is 12.2. The molecular formula is C15H22N4O. The van der Waals surface area contributed by atoms with Gasteiger partial charge in [0.25, 0.3) is 5.91 Å². The smallest absolute Gasteiger partial charge is 0.267 e. The van der Waals surface area contributed by atoms with E-state index in [-0.39, 0.29) is 11.4 Å². The van der Waals surface area contributed by atoms with E-state index in [0.29, 0.717) is 17.9 Å². The van der Waals surface area contributed by atoms with Crippen molar-refractivity contribution in [1.29, 1.82) is 0 Å². The summed E-state index contributed by atoms with van der Waals surface area (Å²) in [7, 11) is 3.99. The minimum Gasteiger partial charge on any atom is -0.397 e. The van der Waals surface area contributed by atoms with Gasteiger partial charge in [-0.25, -0.2) is 0 Å². The summed E-state index contributed by atoms with van der Waals surface area (Å²) in [4.78, 5) is 17.4. The van der Waals surface area contributed by atoms with Crippen molar-refractivity contribution in [2.45, 2.75) is 19.4 Å². The quantitative estimate of drug-likeness (QED) is 0.745. The van der Waals surface area contributed by atoms with E-state index >= 15 is 0 Å². The highest BCUT2D eigenvalue weighted by atomic mass is 16.1. The van der Waals surface area contributed by atoms with Gasteiger partial charge < -0.3 is 20.9 Å². The number of aromatic amines is 1. The second-order valence-electron chi connectivity index (χ2n) is 5.88. The largest absolute Gasteiger partial charge is 0.397 e. The van der Waals surface area contributed by atoms with Crippen molar-refractivity contribution >= 4 is 22.5 Å². The summed E-state index contributed by atoms with van der Waals surface area (Å²) < 4.78 is 0.